The van der Waals surface area contributed by atoms with E-state index in [-0.39, 0.29) is 11.8 Å². The largest absolute Gasteiger partial charge is 0.298 e. The third kappa shape index (κ3) is 4.14. The van der Waals surface area contributed by atoms with Gasteiger partial charge in [0.15, 0.2) is 0 Å². The number of likely N-dealkylation sites (N-methyl/N-ethyl adjacent to an activating group) is 1. The van der Waals surface area contributed by atoms with Crippen LogP contribution in [-0.4, -0.2) is 29.8 Å². The van der Waals surface area contributed by atoms with E-state index < -0.39 is 0 Å². The predicted octanol–water partition coefficient (Wildman–Crippen LogP) is 3.18. The van der Waals surface area contributed by atoms with Crippen molar-refractivity contribution >= 4 is 17.4 Å². The van der Waals surface area contributed by atoms with Crippen LogP contribution in [0.15, 0.2) is 24.3 Å². The van der Waals surface area contributed by atoms with Crippen molar-refractivity contribution in [2.45, 2.75) is 33.2 Å². The van der Waals surface area contributed by atoms with Gasteiger partial charge in [0.2, 0.25) is 0 Å². The van der Waals surface area contributed by atoms with Gasteiger partial charge in [-0.2, -0.15) is 0 Å². The van der Waals surface area contributed by atoms with Gasteiger partial charge in [-0.15, -0.1) is 0 Å². The lowest BCUT2D eigenvalue weighted by atomic mass is 10.0. The molecule has 0 fully saturated rings. The zero-order valence-corrected chi connectivity index (χ0v) is 11.5. The monoisotopic (exact) mass is 253 g/mol. The topological polar surface area (TPSA) is 20.3 Å². The number of halogens is 1. The first-order valence-corrected chi connectivity index (χ1v) is 6.45. The standard InChI is InChI=1S/C14H20ClNO/c1-4-16(5-2)14(11(3)17)10-12-6-8-13(15)9-7-12/h6-9,14H,4-5,10H2,1-3H3/t14-/m1/s1. The fraction of sp³-hybridized carbons (Fsp3) is 0.500. The molecular weight excluding hydrogens is 234 g/mol. The Labute approximate surface area is 109 Å². The molecule has 0 heterocycles. The molecule has 1 aromatic carbocycles. The van der Waals surface area contributed by atoms with Crippen LogP contribution >= 0.6 is 11.6 Å². The van der Waals surface area contributed by atoms with Crippen molar-refractivity contribution in [1.82, 2.24) is 4.90 Å². The zero-order valence-electron chi connectivity index (χ0n) is 10.7. The highest BCUT2D eigenvalue weighted by atomic mass is 35.5. The van der Waals surface area contributed by atoms with E-state index in [0.717, 1.165) is 30.1 Å². The van der Waals surface area contributed by atoms with Gasteiger partial charge in [0.1, 0.15) is 5.78 Å². The highest BCUT2D eigenvalue weighted by molar-refractivity contribution is 6.30. The minimum atomic E-state index is -0.0221. The molecule has 0 spiro atoms. The van der Waals surface area contributed by atoms with Crippen LogP contribution in [-0.2, 0) is 11.2 Å². The Morgan fingerprint density at radius 2 is 1.76 bits per heavy atom. The molecule has 0 aliphatic rings. The zero-order chi connectivity index (χ0) is 12.8. The van der Waals surface area contributed by atoms with Crippen molar-refractivity contribution in [3.05, 3.63) is 34.9 Å². The van der Waals surface area contributed by atoms with E-state index in [0.29, 0.717) is 0 Å². The molecule has 2 nitrogen and oxygen atoms in total. The Morgan fingerprint density at radius 3 is 2.18 bits per heavy atom. The maximum absolute atomic E-state index is 11.7. The molecule has 0 saturated carbocycles. The van der Waals surface area contributed by atoms with Gasteiger partial charge < -0.3 is 0 Å². The highest BCUT2D eigenvalue weighted by Crippen LogP contribution is 2.14. The van der Waals surface area contributed by atoms with Crippen molar-refractivity contribution in [1.29, 1.82) is 0 Å². The van der Waals surface area contributed by atoms with Crippen molar-refractivity contribution in [3.63, 3.8) is 0 Å². The molecule has 3 heteroatoms. The highest BCUT2D eigenvalue weighted by Gasteiger charge is 2.20. The van der Waals surface area contributed by atoms with Crippen LogP contribution in [0, 0.1) is 0 Å². The minimum Gasteiger partial charge on any atom is -0.298 e. The number of rotatable bonds is 6. The van der Waals surface area contributed by atoms with E-state index in [1.54, 1.807) is 6.92 Å². The lowest BCUT2D eigenvalue weighted by molar-refractivity contribution is -0.122. The molecule has 0 unspecified atom stereocenters. The third-order valence-electron chi connectivity index (χ3n) is 3.06. The summed E-state index contributed by atoms with van der Waals surface area (Å²) in [7, 11) is 0. The summed E-state index contributed by atoms with van der Waals surface area (Å²) in [6.45, 7) is 7.63. The second-order valence-electron chi connectivity index (χ2n) is 4.18. The van der Waals surface area contributed by atoms with Crippen LogP contribution in [0.1, 0.15) is 26.3 Å². The summed E-state index contributed by atoms with van der Waals surface area (Å²) < 4.78 is 0. The summed E-state index contributed by atoms with van der Waals surface area (Å²) in [4.78, 5) is 13.9. The smallest absolute Gasteiger partial charge is 0.147 e. The Hall–Kier alpha value is -0.860. The van der Waals surface area contributed by atoms with Crippen LogP contribution in [0.25, 0.3) is 0 Å². The molecule has 1 aromatic rings. The number of carbonyl (C=O) groups excluding carboxylic acids is 1. The van der Waals surface area contributed by atoms with Crippen LogP contribution in [0.3, 0.4) is 0 Å². The minimum absolute atomic E-state index is 0.0221. The number of benzene rings is 1. The Balaban J connectivity index is 2.79. The van der Waals surface area contributed by atoms with E-state index in [1.807, 2.05) is 24.3 Å². The van der Waals surface area contributed by atoms with Crippen LogP contribution in [0.4, 0.5) is 0 Å². The summed E-state index contributed by atoms with van der Waals surface area (Å²) in [6.07, 6.45) is 0.758. The van der Waals surface area contributed by atoms with Crippen LogP contribution < -0.4 is 0 Å². The van der Waals surface area contributed by atoms with Gasteiger partial charge >= 0.3 is 0 Å². The molecule has 17 heavy (non-hydrogen) atoms. The van der Waals surface area contributed by atoms with Gasteiger partial charge in [0.05, 0.1) is 6.04 Å². The molecule has 0 aliphatic carbocycles. The molecule has 0 bridgehead atoms. The number of carbonyl (C=O) groups is 1. The number of hydrogen-bond donors (Lipinski definition) is 0. The molecule has 0 N–H and O–H groups in total. The van der Waals surface area contributed by atoms with Crippen molar-refractivity contribution in [2.75, 3.05) is 13.1 Å². The van der Waals surface area contributed by atoms with Crippen molar-refractivity contribution in [3.8, 4) is 0 Å². The Morgan fingerprint density at radius 1 is 1.24 bits per heavy atom. The molecule has 94 valence electrons. The third-order valence-corrected chi connectivity index (χ3v) is 3.32. The van der Waals surface area contributed by atoms with Gasteiger partial charge in [0, 0.05) is 5.02 Å². The van der Waals surface area contributed by atoms with Gasteiger partial charge in [-0.3, -0.25) is 9.69 Å². The molecule has 0 radical (unpaired) electrons. The van der Waals surface area contributed by atoms with E-state index in [4.69, 9.17) is 11.6 Å². The summed E-state index contributed by atoms with van der Waals surface area (Å²) in [5.41, 5.74) is 1.15. The summed E-state index contributed by atoms with van der Waals surface area (Å²) >= 11 is 5.85. The average Bonchev–Trinajstić information content (AvgIpc) is 2.31. The fourth-order valence-electron chi connectivity index (χ4n) is 2.04. The van der Waals surface area contributed by atoms with Gasteiger partial charge in [0.25, 0.3) is 0 Å². The second kappa shape index (κ2) is 6.77. The summed E-state index contributed by atoms with van der Waals surface area (Å²) in [5, 5.41) is 0.732. The van der Waals surface area contributed by atoms with Crippen LogP contribution in [0.2, 0.25) is 5.02 Å². The first kappa shape index (κ1) is 14.2. The molecular formula is C14H20ClNO. The van der Waals surface area contributed by atoms with Gasteiger partial charge in [-0.25, -0.2) is 0 Å². The first-order valence-electron chi connectivity index (χ1n) is 6.07. The number of hydrogen-bond acceptors (Lipinski definition) is 2. The summed E-state index contributed by atoms with van der Waals surface area (Å²) in [5.74, 6) is 0.226. The molecule has 1 atom stereocenters. The SMILES string of the molecule is CCN(CC)[C@H](Cc1ccc(Cl)cc1)C(C)=O. The Bertz CT molecular complexity index is 357. The van der Waals surface area contributed by atoms with Gasteiger partial charge in [-0.1, -0.05) is 37.6 Å². The van der Waals surface area contributed by atoms with Crippen molar-refractivity contribution < 1.29 is 4.79 Å². The Kier molecular flexibility index (Phi) is 5.66. The fourth-order valence-corrected chi connectivity index (χ4v) is 2.16. The summed E-state index contributed by atoms with van der Waals surface area (Å²) in [6, 6.07) is 7.70. The number of ketones is 1. The number of nitrogens with zero attached hydrogens (tertiary/aromatic N) is 1. The average molecular weight is 254 g/mol. The van der Waals surface area contributed by atoms with Crippen LogP contribution in [0.5, 0.6) is 0 Å². The molecule has 0 aromatic heterocycles. The van der Waals surface area contributed by atoms with E-state index >= 15 is 0 Å². The molecule has 1 rings (SSSR count). The quantitative estimate of drug-likeness (QED) is 0.776. The number of Topliss-reactive ketones (excluding diaryl/α,β-unsaturated/α-hetero) is 1. The molecule has 0 saturated heterocycles. The van der Waals surface area contributed by atoms with E-state index in [1.165, 1.54) is 0 Å². The molecule has 0 aliphatic heterocycles. The maximum atomic E-state index is 11.7. The van der Waals surface area contributed by atoms with E-state index in [2.05, 4.69) is 18.7 Å². The second-order valence-corrected chi connectivity index (χ2v) is 4.61. The lowest BCUT2D eigenvalue weighted by Gasteiger charge is -2.27. The van der Waals surface area contributed by atoms with Gasteiger partial charge in [-0.05, 0) is 44.1 Å². The lowest BCUT2D eigenvalue weighted by Crippen LogP contribution is -2.41. The predicted molar refractivity (Wildman–Crippen MR) is 72.5 cm³/mol. The first-order chi connectivity index (χ1) is 8.08. The normalized spacial score (nSPS) is 12.8. The molecule has 0 amide bonds. The van der Waals surface area contributed by atoms with Crippen molar-refractivity contribution in [2.24, 2.45) is 0 Å². The maximum Gasteiger partial charge on any atom is 0.147 e. The van der Waals surface area contributed by atoms with E-state index in [9.17, 15) is 4.79 Å².